The molecule has 0 fully saturated rings. The van der Waals surface area contributed by atoms with Crippen LogP contribution in [0.3, 0.4) is 0 Å². The molecule has 10 heteroatoms. The molecule has 0 saturated heterocycles. The van der Waals surface area contributed by atoms with Crippen LogP contribution in [0.15, 0.2) is 0 Å². The highest BCUT2D eigenvalue weighted by Gasteiger charge is 2.40. The Kier molecular flexibility index (Phi) is 8.49. The summed E-state index contributed by atoms with van der Waals surface area (Å²) in [5, 5.41) is 13.5. The van der Waals surface area contributed by atoms with E-state index in [0.717, 1.165) is 14.2 Å². The summed E-state index contributed by atoms with van der Waals surface area (Å²) in [7, 11) is 2.27. The number of amides is 1. The third-order valence-corrected chi connectivity index (χ3v) is 3.47. The van der Waals surface area contributed by atoms with Gasteiger partial charge < -0.3 is 19.5 Å². The third-order valence-electron chi connectivity index (χ3n) is 3.47. The van der Waals surface area contributed by atoms with Crippen molar-refractivity contribution in [1.82, 2.24) is 5.32 Å². The highest BCUT2D eigenvalue weighted by atomic mass is 16.6. The first-order chi connectivity index (χ1) is 11.7. The van der Waals surface area contributed by atoms with Gasteiger partial charge in [-0.1, -0.05) is 0 Å². The van der Waals surface area contributed by atoms with Gasteiger partial charge in [-0.15, -0.1) is 0 Å². The number of methoxy groups -OCH3 is 2. The number of hydrogen-bond acceptors (Lipinski definition) is 8. The Labute approximate surface area is 152 Å². The number of esters is 2. The predicted octanol–water partition coefficient (Wildman–Crippen LogP) is 1.68. The van der Waals surface area contributed by atoms with Crippen LogP contribution in [0.25, 0.3) is 0 Å². The van der Waals surface area contributed by atoms with Crippen molar-refractivity contribution in [1.29, 1.82) is 0 Å². The summed E-state index contributed by atoms with van der Waals surface area (Å²) in [6.45, 7) is 7.67. The Balaban J connectivity index is 5.38. The summed E-state index contributed by atoms with van der Waals surface area (Å²) >= 11 is 0. The SMILES string of the molecule is COC(=O)C(CC(NC(=O)OC(C)(C)C)C(=O)OC)CC(C)(C)[N+](=O)[O-]. The average molecular weight is 376 g/mol. The summed E-state index contributed by atoms with van der Waals surface area (Å²) in [5.74, 6) is -2.53. The number of rotatable bonds is 8. The zero-order valence-electron chi connectivity index (χ0n) is 16.3. The fourth-order valence-corrected chi connectivity index (χ4v) is 2.20. The maximum atomic E-state index is 12.0. The van der Waals surface area contributed by atoms with E-state index >= 15 is 0 Å². The summed E-state index contributed by atoms with van der Waals surface area (Å²) in [6.07, 6.45) is -1.28. The van der Waals surface area contributed by atoms with E-state index < -0.39 is 46.1 Å². The third kappa shape index (κ3) is 8.13. The zero-order valence-corrected chi connectivity index (χ0v) is 16.3. The van der Waals surface area contributed by atoms with Crippen molar-refractivity contribution in [2.75, 3.05) is 14.2 Å². The number of alkyl carbamates (subject to hydrolysis) is 1. The largest absolute Gasteiger partial charge is 0.469 e. The van der Waals surface area contributed by atoms with Gasteiger partial charge in [0.15, 0.2) is 0 Å². The molecule has 0 aromatic rings. The van der Waals surface area contributed by atoms with E-state index in [9.17, 15) is 24.5 Å². The molecule has 0 aromatic carbocycles. The molecule has 0 aromatic heterocycles. The van der Waals surface area contributed by atoms with Crippen LogP contribution in [0.4, 0.5) is 4.79 Å². The lowest BCUT2D eigenvalue weighted by Gasteiger charge is -2.26. The highest BCUT2D eigenvalue weighted by molar-refractivity contribution is 5.82. The number of nitrogens with zero attached hydrogens (tertiary/aromatic N) is 1. The normalized spacial score (nSPS) is 14.0. The quantitative estimate of drug-likeness (QED) is 0.293. The molecule has 2 atom stereocenters. The molecular formula is C16H28N2O8. The van der Waals surface area contributed by atoms with Crippen LogP contribution in [0.1, 0.15) is 47.5 Å². The molecule has 0 saturated carbocycles. The van der Waals surface area contributed by atoms with Gasteiger partial charge in [-0.2, -0.15) is 0 Å². The monoisotopic (exact) mass is 376 g/mol. The van der Waals surface area contributed by atoms with Crippen molar-refractivity contribution in [3.8, 4) is 0 Å². The lowest BCUT2D eigenvalue weighted by molar-refractivity contribution is -0.562. The van der Waals surface area contributed by atoms with Crippen LogP contribution in [0, 0.1) is 16.0 Å². The van der Waals surface area contributed by atoms with Crippen LogP contribution in [0.5, 0.6) is 0 Å². The van der Waals surface area contributed by atoms with Gasteiger partial charge in [0.2, 0.25) is 5.54 Å². The zero-order chi connectivity index (χ0) is 20.7. The van der Waals surface area contributed by atoms with Crippen molar-refractivity contribution < 1.29 is 33.5 Å². The molecule has 1 N–H and O–H groups in total. The van der Waals surface area contributed by atoms with Gasteiger partial charge in [0.1, 0.15) is 11.6 Å². The Morgan fingerprint density at radius 2 is 1.54 bits per heavy atom. The summed E-state index contributed by atoms with van der Waals surface area (Å²) in [4.78, 5) is 46.6. The highest BCUT2D eigenvalue weighted by Crippen LogP contribution is 2.25. The number of carbonyl (C=O) groups excluding carboxylic acids is 3. The second-order valence-corrected chi connectivity index (χ2v) is 7.45. The van der Waals surface area contributed by atoms with Gasteiger partial charge in [-0.25, -0.2) is 9.59 Å². The maximum Gasteiger partial charge on any atom is 0.408 e. The van der Waals surface area contributed by atoms with Crippen LogP contribution in [-0.2, 0) is 23.8 Å². The lowest BCUT2D eigenvalue weighted by Crippen LogP contribution is -2.47. The van der Waals surface area contributed by atoms with Gasteiger partial charge in [0.05, 0.1) is 20.1 Å². The molecule has 0 rings (SSSR count). The molecule has 0 aliphatic carbocycles. The van der Waals surface area contributed by atoms with Gasteiger partial charge in [-0.3, -0.25) is 14.9 Å². The molecule has 0 radical (unpaired) electrons. The van der Waals surface area contributed by atoms with E-state index in [2.05, 4.69) is 14.8 Å². The summed E-state index contributed by atoms with van der Waals surface area (Å²) in [5.41, 5.74) is -2.22. The predicted molar refractivity (Wildman–Crippen MR) is 91.0 cm³/mol. The van der Waals surface area contributed by atoms with E-state index in [-0.39, 0.29) is 12.8 Å². The molecule has 150 valence electrons. The minimum Gasteiger partial charge on any atom is -0.469 e. The van der Waals surface area contributed by atoms with Crippen molar-refractivity contribution in [2.45, 2.75) is 64.6 Å². The number of hydrogen-bond donors (Lipinski definition) is 1. The maximum absolute atomic E-state index is 12.0. The first kappa shape index (κ1) is 23.6. The second kappa shape index (κ2) is 9.35. The van der Waals surface area contributed by atoms with Gasteiger partial charge >= 0.3 is 18.0 Å². The van der Waals surface area contributed by atoms with Crippen molar-refractivity contribution in [2.24, 2.45) is 5.92 Å². The number of nitro groups is 1. The van der Waals surface area contributed by atoms with Crippen LogP contribution < -0.4 is 5.32 Å². The summed E-state index contributed by atoms with van der Waals surface area (Å²) < 4.78 is 14.4. The van der Waals surface area contributed by atoms with E-state index in [1.807, 2.05) is 0 Å². The second-order valence-electron chi connectivity index (χ2n) is 7.45. The van der Waals surface area contributed by atoms with E-state index in [4.69, 9.17) is 4.74 Å². The molecule has 10 nitrogen and oxygen atoms in total. The Bertz CT molecular complexity index is 539. The molecule has 0 heterocycles. The fraction of sp³-hybridized carbons (Fsp3) is 0.812. The molecule has 1 amide bonds. The first-order valence-corrected chi connectivity index (χ1v) is 8.03. The standard InChI is InChI=1S/C16H28N2O8/c1-15(2,3)26-14(21)17-11(13(20)25-7)8-10(12(19)24-6)9-16(4,5)18(22)23/h10-11H,8-9H2,1-7H3,(H,17,21). The molecule has 2 unspecified atom stereocenters. The minimum absolute atomic E-state index is 0.184. The molecule has 0 bridgehead atoms. The van der Waals surface area contributed by atoms with Crippen LogP contribution >= 0.6 is 0 Å². The Morgan fingerprint density at radius 3 is 1.92 bits per heavy atom. The smallest absolute Gasteiger partial charge is 0.408 e. The van der Waals surface area contributed by atoms with Gasteiger partial charge in [0.25, 0.3) is 0 Å². The summed E-state index contributed by atoms with van der Waals surface area (Å²) in [6, 6.07) is -1.22. The van der Waals surface area contributed by atoms with E-state index in [1.54, 1.807) is 20.8 Å². The van der Waals surface area contributed by atoms with Gasteiger partial charge in [-0.05, 0) is 27.2 Å². The van der Waals surface area contributed by atoms with Crippen molar-refractivity contribution in [3.63, 3.8) is 0 Å². The fourth-order valence-electron chi connectivity index (χ4n) is 2.20. The van der Waals surface area contributed by atoms with E-state index in [1.165, 1.54) is 13.8 Å². The Hall–Kier alpha value is -2.39. The number of nitrogens with one attached hydrogen (secondary N) is 1. The minimum atomic E-state index is -1.43. The van der Waals surface area contributed by atoms with Gasteiger partial charge in [0, 0.05) is 25.2 Å². The molecule has 0 aliphatic rings. The Morgan fingerprint density at radius 1 is 1.04 bits per heavy atom. The lowest BCUT2D eigenvalue weighted by atomic mass is 9.86. The molecule has 0 spiro atoms. The van der Waals surface area contributed by atoms with Crippen LogP contribution in [-0.4, -0.2) is 54.4 Å². The van der Waals surface area contributed by atoms with Crippen LogP contribution in [0.2, 0.25) is 0 Å². The molecule has 0 aliphatic heterocycles. The molecular weight excluding hydrogens is 348 g/mol. The van der Waals surface area contributed by atoms with Crippen molar-refractivity contribution >= 4 is 18.0 Å². The topological polar surface area (TPSA) is 134 Å². The van der Waals surface area contributed by atoms with E-state index in [0.29, 0.717) is 0 Å². The average Bonchev–Trinajstić information content (AvgIpc) is 2.49. The number of carbonyl (C=O) groups is 3. The molecule has 26 heavy (non-hydrogen) atoms. The number of ether oxygens (including phenoxy) is 3. The first-order valence-electron chi connectivity index (χ1n) is 8.03. The van der Waals surface area contributed by atoms with Crippen molar-refractivity contribution in [3.05, 3.63) is 10.1 Å².